The van der Waals surface area contributed by atoms with E-state index >= 15 is 0 Å². The first-order valence-electron chi connectivity index (χ1n) is 7.52. The summed E-state index contributed by atoms with van der Waals surface area (Å²) >= 11 is 0. The maximum Gasteiger partial charge on any atom is 0.150 e. The summed E-state index contributed by atoms with van der Waals surface area (Å²) < 4.78 is 0. The van der Waals surface area contributed by atoms with Crippen LogP contribution >= 0.6 is 0 Å². The highest BCUT2D eigenvalue weighted by Crippen LogP contribution is 2.18. The largest absolute Gasteiger partial charge is 0.370 e. The van der Waals surface area contributed by atoms with Gasteiger partial charge in [0.15, 0.2) is 0 Å². The smallest absolute Gasteiger partial charge is 0.150 e. The number of hydrogen-bond donors (Lipinski definition) is 1. The van der Waals surface area contributed by atoms with Crippen molar-refractivity contribution < 1.29 is 0 Å². The third-order valence-electron chi connectivity index (χ3n) is 3.34. The lowest BCUT2D eigenvalue weighted by atomic mass is 10.2. The molecule has 4 nitrogen and oxygen atoms in total. The Balaban J connectivity index is 2.22. The second-order valence-corrected chi connectivity index (χ2v) is 5.19. The van der Waals surface area contributed by atoms with Crippen molar-refractivity contribution in [3.63, 3.8) is 0 Å². The Labute approximate surface area is 127 Å². The summed E-state index contributed by atoms with van der Waals surface area (Å²) in [6, 6.07) is 10.5. The molecule has 112 valence electrons. The van der Waals surface area contributed by atoms with Crippen molar-refractivity contribution in [1.82, 2.24) is 9.97 Å². The quantitative estimate of drug-likeness (QED) is 0.880. The Morgan fingerprint density at radius 1 is 1.10 bits per heavy atom. The van der Waals surface area contributed by atoms with Crippen molar-refractivity contribution in [2.24, 2.45) is 0 Å². The maximum atomic E-state index is 4.60. The van der Waals surface area contributed by atoms with E-state index in [-0.39, 0.29) is 0 Å². The van der Waals surface area contributed by atoms with E-state index < -0.39 is 0 Å². The molecule has 0 aliphatic heterocycles. The lowest BCUT2D eigenvalue weighted by molar-refractivity contribution is 0.775. The molecule has 1 aromatic heterocycles. The maximum absolute atomic E-state index is 4.60. The van der Waals surface area contributed by atoms with E-state index in [2.05, 4.69) is 65.2 Å². The van der Waals surface area contributed by atoms with E-state index in [0.717, 1.165) is 37.0 Å². The zero-order valence-corrected chi connectivity index (χ0v) is 13.3. The van der Waals surface area contributed by atoms with E-state index in [1.807, 2.05) is 13.0 Å². The number of aryl methyl sites for hydroxylation is 2. The molecule has 0 aliphatic rings. The molecular formula is C17H24N4. The number of nitrogens with zero attached hydrogens (tertiary/aromatic N) is 3. The number of rotatable bonds is 6. The van der Waals surface area contributed by atoms with E-state index in [0.29, 0.717) is 0 Å². The van der Waals surface area contributed by atoms with Gasteiger partial charge in [-0.3, -0.25) is 0 Å². The molecule has 2 rings (SSSR count). The molecule has 0 bridgehead atoms. The molecule has 1 N–H and O–H groups in total. The van der Waals surface area contributed by atoms with Gasteiger partial charge in [0.1, 0.15) is 11.6 Å². The minimum Gasteiger partial charge on any atom is -0.370 e. The van der Waals surface area contributed by atoms with Crippen LogP contribution in [0.4, 0.5) is 11.5 Å². The molecule has 0 saturated heterocycles. The molecule has 0 unspecified atom stereocenters. The second-order valence-electron chi connectivity index (χ2n) is 5.19. The van der Waals surface area contributed by atoms with Gasteiger partial charge in [0.05, 0.1) is 6.54 Å². The second kappa shape index (κ2) is 7.07. The fourth-order valence-electron chi connectivity index (χ4n) is 2.35. The molecule has 0 atom stereocenters. The van der Waals surface area contributed by atoms with Crippen molar-refractivity contribution in [1.29, 1.82) is 0 Å². The topological polar surface area (TPSA) is 41.1 Å². The SMILES string of the molecule is CCNc1cc(C)nc(CN(CC)c2cccc(C)c2)n1. The normalized spacial score (nSPS) is 10.5. The van der Waals surface area contributed by atoms with Crippen molar-refractivity contribution in [3.8, 4) is 0 Å². The number of nitrogens with one attached hydrogen (secondary N) is 1. The van der Waals surface area contributed by atoms with Gasteiger partial charge in [0.2, 0.25) is 0 Å². The summed E-state index contributed by atoms with van der Waals surface area (Å²) in [6.45, 7) is 10.9. The van der Waals surface area contributed by atoms with E-state index in [4.69, 9.17) is 0 Å². The average molecular weight is 284 g/mol. The highest BCUT2D eigenvalue weighted by molar-refractivity contribution is 5.48. The monoisotopic (exact) mass is 284 g/mol. The van der Waals surface area contributed by atoms with Crippen molar-refractivity contribution in [2.75, 3.05) is 23.3 Å². The highest BCUT2D eigenvalue weighted by atomic mass is 15.2. The molecule has 2 aromatic rings. The third-order valence-corrected chi connectivity index (χ3v) is 3.34. The zero-order valence-electron chi connectivity index (χ0n) is 13.3. The molecule has 0 amide bonds. The number of hydrogen-bond acceptors (Lipinski definition) is 4. The Morgan fingerprint density at radius 2 is 1.90 bits per heavy atom. The fraction of sp³-hybridized carbons (Fsp3) is 0.412. The summed E-state index contributed by atoms with van der Waals surface area (Å²) in [5.41, 5.74) is 3.48. The molecule has 0 radical (unpaired) electrons. The van der Waals surface area contributed by atoms with Crippen LogP contribution in [0.3, 0.4) is 0 Å². The zero-order chi connectivity index (χ0) is 15.2. The van der Waals surface area contributed by atoms with Gasteiger partial charge in [-0.25, -0.2) is 9.97 Å². The molecular weight excluding hydrogens is 260 g/mol. The van der Waals surface area contributed by atoms with Crippen LogP contribution in [-0.4, -0.2) is 23.1 Å². The van der Waals surface area contributed by atoms with Crippen molar-refractivity contribution in [2.45, 2.75) is 34.2 Å². The van der Waals surface area contributed by atoms with Crippen LogP contribution in [0.15, 0.2) is 30.3 Å². The number of anilines is 2. The van der Waals surface area contributed by atoms with Gasteiger partial charge in [-0.2, -0.15) is 0 Å². The molecule has 0 fully saturated rings. The van der Waals surface area contributed by atoms with Crippen molar-refractivity contribution in [3.05, 3.63) is 47.4 Å². The lowest BCUT2D eigenvalue weighted by Gasteiger charge is -2.23. The van der Waals surface area contributed by atoms with E-state index in [9.17, 15) is 0 Å². The minimum absolute atomic E-state index is 0.722. The molecule has 0 aliphatic carbocycles. The predicted octanol–water partition coefficient (Wildman–Crippen LogP) is 3.55. The van der Waals surface area contributed by atoms with Crippen LogP contribution in [-0.2, 0) is 6.54 Å². The molecule has 21 heavy (non-hydrogen) atoms. The Kier molecular flexibility index (Phi) is 5.14. The van der Waals surface area contributed by atoms with Gasteiger partial charge in [-0.1, -0.05) is 12.1 Å². The van der Waals surface area contributed by atoms with Gasteiger partial charge in [0.25, 0.3) is 0 Å². The summed E-state index contributed by atoms with van der Waals surface area (Å²) in [4.78, 5) is 11.4. The van der Waals surface area contributed by atoms with Gasteiger partial charge in [-0.05, 0) is 45.4 Å². The first kappa shape index (κ1) is 15.3. The van der Waals surface area contributed by atoms with Crippen LogP contribution in [0.1, 0.15) is 30.9 Å². The van der Waals surface area contributed by atoms with E-state index in [1.165, 1.54) is 11.3 Å². The molecule has 1 aromatic carbocycles. The highest BCUT2D eigenvalue weighted by Gasteiger charge is 2.09. The molecule has 1 heterocycles. The molecule has 0 saturated carbocycles. The molecule has 0 spiro atoms. The van der Waals surface area contributed by atoms with Crippen LogP contribution in [0.5, 0.6) is 0 Å². The Bertz CT molecular complexity index is 595. The third kappa shape index (κ3) is 4.18. The first-order chi connectivity index (χ1) is 10.1. The first-order valence-corrected chi connectivity index (χ1v) is 7.52. The fourth-order valence-corrected chi connectivity index (χ4v) is 2.35. The summed E-state index contributed by atoms with van der Waals surface area (Å²) in [6.07, 6.45) is 0. The standard InChI is InChI=1S/C17H24N4/c1-5-18-16-11-14(4)19-17(20-16)12-21(6-2)15-9-7-8-13(3)10-15/h7-11H,5-6,12H2,1-4H3,(H,18,19,20). The van der Waals surface area contributed by atoms with Crippen molar-refractivity contribution >= 4 is 11.5 Å². The van der Waals surface area contributed by atoms with Crippen LogP contribution in [0, 0.1) is 13.8 Å². The average Bonchev–Trinajstić information content (AvgIpc) is 2.44. The summed E-state index contributed by atoms with van der Waals surface area (Å²) in [5.74, 6) is 1.76. The van der Waals surface area contributed by atoms with Gasteiger partial charge >= 0.3 is 0 Å². The minimum atomic E-state index is 0.722. The number of aromatic nitrogens is 2. The lowest BCUT2D eigenvalue weighted by Crippen LogP contribution is -2.23. The van der Waals surface area contributed by atoms with Gasteiger partial charge in [0, 0.05) is 30.5 Å². The van der Waals surface area contributed by atoms with E-state index in [1.54, 1.807) is 0 Å². The summed E-state index contributed by atoms with van der Waals surface area (Å²) in [5, 5.41) is 3.26. The van der Waals surface area contributed by atoms with Crippen LogP contribution < -0.4 is 10.2 Å². The Morgan fingerprint density at radius 3 is 2.57 bits per heavy atom. The molecule has 4 heteroatoms. The van der Waals surface area contributed by atoms with Crippen LogP contribution in [0.25, 0.3) is 0 Å². The predicted molar refractivity (Wildman–Crippen MR) is 88.8 cm³/mol. The summed E-state index contributed by atoms with van der Waals surface area (Å²) in [7, 11) is 0. The van der Waals surface area contributed by atoms with Crippen LogP contribution in [0.2, 0.25) is 0 Å². The number of benzene rings is 1. The van der Waals surface area contributed by atoms with Gasteiger partial charge in [-0.15, -0.1) is 0 Å². The Hall–Kier alpha value is -2.10. The van der Waals surface area contributed by atoms with Gasteiger partial charge < -0.3 is 10.2 Å².